The Hall–Kier alpha value is -0.770. The Balaban J connectivity index is 2.56. The van der Waals surface area contributed by atoms with Crippen molar-refractivity contribution in [1.82, 2.24) is 5.32 Å². The second-order valence-electron chi connectivity index (χ2n) is 4.94. The van der Waals surface area contributed by atoms with E-state index in [2.05, 4.69) is 19.2 Å². The second kappa shape index (κ2) is 9.18. The molecule has 4 heteroatoms. The lowest BCUT2D eigenvalue weighted by Crippen LogP contribution is -2.19. The number of hydrogen-bond acceptors (Lipinski definition) is 3. The highest BCUT2D eigenvalue weighted by atomic mass is 35.5. The zero-order valence-corrected chi connectivity index (χ0v) is 12.8. The van der Waals surface area contributed by atoms with Crippen molar-refractivity contribution in [3.63, 3.8) is 0 Å². The normalized spacial score (nSPS) is 11.0. The van der Waals surface area contributed by atoms with Crippen molar-refractivity contribution in [3.8, 4) is 5.75 Å². The summed E-state index contributed by atoms with van der Waals surface area (Å²) in [6.07, 6.45) is 0.877. The number of rotatable bonds is 9. The molecule has 0 amide bonds. The van der Waals surface area contributed by atoms with Crippen molar-refractivity contribution >= 4 is 11.6 Å². The predicted octanol–water partition coefficient (Wildman–Crippen LogP) is 3.50. The van der Waals surface area contributed by atoms with E-state index in [9.17, 15) is 0 Å². The molecule has 0 bridgehead atoms. The van der Waals surface area contributed by atoms with Gasteiger partial charge in [-0.05, 0) is 24.6 Å². The largest absolute Gasteiger partial charge is 0.493 e. The first kappa shape index (κ1) is 16.3. The Labute approximate surface area is 121 Å². The molecule has 0 aliphatic carbocycles. The van der Waals surface area contributed by atoms with Gasteiger partial charge in [-0.15, -0.1) is 0 Å². The molecule has 3 nitrogen and oxygen atoms in total. The first-order chi connectivity index (χ1) is 9.15. The summed E-state index contributed by atoms with van der Waals surface area (Å²) in [5, 5.41) is 4.15. The van der Waals surface area contributed by atoms with E-state index in [-0.39, 0.29) is 0 Å². The smallest absolute Gasteiger partial charge is 0.125 e. The maximum atomic E-state index is 6.24. The SMILES string of the molecule is COCCCOc1cccc(Cl)c1CNCC(C)C. The van der Waals surface area contributed by atoms with Gasteiger partial charge in [0.25, 0.3) is 0 Å². The molecule has 0 unspecified atom stereocenters. The van der Waals surface area contributed by atoms with Crippen molar-refractivity contribution in [3.05, 3.63) is 28.8 Å². The molecule has 108 valence electrons. The topological polar surface area (TPSA) is 30.5 Å². The summed E-state index contributed by atoms with van der Waals surface area (Å²) in [5.41, 5.74) is 1.03. The van der Waals surface area contributed by atoms with E-state index in [4.69, 9.17) is 21.1 Å². The highest BCUT2D eigenvalue weighted by Crippen LogP contribution is 2.26. The van der Waals surface area contributed by atoms with Crippen molar-refractivity contribution < 1.29 is 9.47 Å². The first-order valence-electron chi connectivity index (χ1n) is 6.75. The quantitative estimate of drug-likeness (QED) is 0.705. The van der Waals surface area contributed by atoms with E-state index in [1.165, 1.54) is 0 Å². The fraction of sp³-hybridized carbons (Fsp3) is 0.600. The van der Waals surface area contributed by atoms with Crippen molar-refractivity contribution in [2.75, 3.05) is 26.9 Å². The van der Waals surface area contributed by atoms with Gasteiger partial charge in [-0.3, -0.25) is 0 Å². The lowest BCUT2D eigenvalue weighted by molar-refractivity contribution is 0.171. The monoisotopic (exact) mass is 285 g/mol. The third-order valence-electron chi connectivity index (χ3n) is 2.68. The summed E-state index contributed by atoms with van der Waals surface area (Å²) >= 11 is 6.24. The van der Waals surface area contributed by atoms with E-state index in [1.807, 2.05) is 18.2 Å². The van der Waals surface area contributed by atoms with Gasteiger partial charge >= 0.3 is 0 Å². The van der Waals surface area contributed by atoms with Crippen LogP contribution in [0.25, 0.3) is 0 Å². The molecule has 0 fully saturated rings. The van der Waals surface area contributed by atoms with Gasteiger partial charge in [0.05, 0.1) is 6.61 Å². The Morgan fingerprint density at radius 1 is 1.26 bits per heavy atom. The van der Waals surface area contributed by atoms with Gasteiger partial charge in [-0.2, -0.15) is 0 Å². The average molecular weight is 286 g/mol. The van der Waals surface area contributed by atoms with Crippen molar-refractivity contribution in [2.45, 2.75) is 26.8 Å². The fourth-order valence-electron chi connectivity index (χ4n) is 1.72. The third-order valence-corrected chi connectivity index (χ3v) is 3.03. The summed E-state index contributed by atoms with van der Waals surface area (Å²) in [6.45, 7) is 7.42. The molecule has 0 aromatic heterocycles. The highest BCUT2D eigenvalue weighted by Gasteiger charge is 2.08. The van der Waals surface area contributed by atoms with Crippen molar-refractivity contribution in [2.24, 2.45) is 5.92 Å². The highest BCUT2D eigenvalue weighted by molar-refractivity contribution is 6.31. The van der Waals surface area contributed by atoms with Gasteiger partial charge in [0.1, 0.15) is 5.75 Å². The molecule has 1 aromatic rings. The molecule has 1 rings (SSSR count). The lowest BCUT2D eigenvalue weighted by atomic mass is 10.1. The number of hydrogen-bond donors (Lipinski definition) is 1. The van der Waals surface area contributed by atoms with Crippen LogP contribution in [0.3, 0.4) is 0 Å². The molecule has 0 aliphatic heterocycles. The summed E-state index contributed by atoms with van der Waals surface area (Å²) in [4.78, 5) is 0. The Kier molecular flexibility index (Phi) is 7.87. The van der Waals surface area contributed by atoms with Crippen LogP contribution in [0.5, 0.6) is 5.75 Å². The molecule has 0 saturated carbocycles. The summed E-state index contributed by atoms with van der Waals surface area (Å²) in [5.74, 6) is 1.48. The minimum absolute atomic E-state index is 0.619. The standard InChI is InChI=1S/C15H24ClNO2/c1-12(2)10-17-11-13-14(16)6-4-7-15(13)19-9-5-8-18-3/h4,6-7,12,17H,5,8-11H2,1-3H3. The molecule has 0 aliphatic rings. The van der Waals surface area contributed by atoms with E-state index < -0.39 is 0 Å². The summed E-state index contributed by atoms with van der Waals surface area (Å²) < 4.78 is 10.8. The summed E-state index contributed by atoms with van der Waals surface area (Å²) in [7, 11) is 1.70. The molecule has 1 aromatic carbocycles. The maximum Gasteiger partial charge on any atom is 0.125 e. The number of nitrogens with one attached hydrogen (secondary N) is 1. The second-order valence-corrected chi connectivity index (χ2v) is 5.34. The van der Waals surface area contributed by atoms with E-state index in [0.717, 1.165) is 35.8 Å². The van der Waals surface area contributed by atoms with Crippen LogP contribution < -0.4 is 10.1 Å². The Bertz CT molecular complexity index is 369. The fourth-order valence-corrected chi connectivity index (χ4v) is 1.95. The van der Waals surface area contributed by atoms with Crippen LogP contribution in [0.1, 0.15) is 25.8 Å². The van der Waals surface area contributed by atoms with Crippen LogP contribution in [0.15, 0.2) is 18.2 Å². The van der Waals surface area contributed by atoms with Crippen LogP contribution in [0.2, 0.25) is 5.02 Å². The molecule has 0 radical (unpaired) electrons. The van der Waals surface area contributed by atoms with Crippen LogP contribution in [-0.4, -0.2) is 26.9 Å². The zero-order chi connectivity index (χ0) is 14.1. The van der Waals surface area contributed by atoms with Crippen molar-refractivity contribution in [1.29, 1.82) is 0 Å². The predicted molar refractivity (Wildman–Crippen MR) is 80.0 cm³/mol. The van der Waals surface area contributed by atoms with Gasteiger partial charge in [0, 0.05) is 37.3 Å². The van der Waals surface area contributed by atoms with Crippen LogP contribution in [-0.2, 0) is 11.3 Å². The average Bonchev–Trinajstić information content (AvgIpc) is 2.37. The maximum absolute atomic E-state index is 6.24. The lowest BCUT2D eigenvalue weighted by Gasteiger charge is -2.14. The Morgan fingerprint density at radius 3 is 2.74 bits per heavy atom. The van der Waals surface area contributed by atoms with E-state index in [0.29, 0.717) is 19.1 Å². The van der Waals surface area contributed by atoms with Gasteiger partial charge in [-0.1, -0.05) is 31.5 Å². The molecular weight excluding hydrogens is 262 g/mol. The van der Waals surface area contributed by atoms with Gasteiger partial charge < -0.3 is 14.8 Å². The van der Waals surface area contributed by atoms with Gasteiger partial charge in [0.15, 0.2) is 0 Å². The number of halogens is 1. The molecule has 0 spiro atoms. The molecular formula is C15H24ClNO2. The van der Waals surface area contributed by atoms with Crippen LogP contribution in [0, 0.1) is 5.92 Å². The first-order valence-corrected chi connectivity index (χ1v) is 7.12. The minimum atomic E-state index is 0.619. The molecule has 1 N–H and O–H groups in total. The molecule has 0 saturated heterocycles. The van der Waals surface area contributed by atoms with Crippen LogP contribution in [0.4, 0.5) is 0 Å². The molecule has 0 heterocycles. The van der Waals surface area contributed by atoms with E-state index in [1.54, 1.807) is 7.11 Å². The van der Waals surface area contributed by atoms with Crippen LogP contribution >= 0.6 is 11.6 Å². The van der Waals surface area contributed by atoms with Gasteiger partial charge in [0.2, 0.25) is 0 Å². The number of benzene rings is 1. The van der Waals surface area contributed by atoms with E-state index >= 15 is 0 Å². The molecule has 19 heavy (non-hydrogen) atoms. The number of methoxy groups -OCH3 is 1. The molecule has 0 atom stereocenters. The minimum Gasteiger partial charge on any atom is -0.493 e. The summed E-state index contributed by atoms with van der Waals surface area (Å²) in [6, 6.07) is 5.78. The number of ether oxygens (including phenoxy) is 2. The van der Waals surface area contributed by atoms with Gasteiger partial charge in [-0.25, -0.2) is 0 Å². The Morgan fingerprint density at radius 2 is 2.05 bits per heavy atom. The zero-order valence-electron chi connectivity index (χ0n) is 12.0. The third kappa shape index (κ3) is 6.28.